The van der Waals surface area contributed by atoms with Crippen LogP contribution in [0.1, 0.15) is 35.9 Å². The zero-order chi connectivity index (χ0) is 18.4. The van der Waals surface area contributed by atoms with Gasteiger partial charge in [0.15, 0.2) is 0 Å². The molecule has 6 nitrogen and oxygen atoms in total. The molecule has 1 aromatic carbocycles. The Morgan fingerprint density at radius 1 is 1.20 bits per heavy atom. The number of thiophene rings is 1. The van der Waals surface area contributed by atoms with Crippen molar-refractivity contribution in [3.05, 3.63) is 52.2 Å². The zero-order valence-corrected chi connectivity index (χ0v) is 15.8. The van der Waals surface area contributed by atoms with Gasteiger partial charge in [0.1, 0.15) is 0 Å². The molecule has 2 rings (SSSR count). The number of nitrogens with one attached hydrogen (secondary N) is 1. The quantitative estimate of drug-likeness (QED) is 0.733. The molecule has 0 fully saturated rings. The summed E-state index contributed by atoms with van der Waals surface area (Å²) in [5.41, 5.74) is 1.10. The highest BCUT2D eigenvalue weighted by Gasteiger charge is 2.21. The average molecular weight is 383 g/mol. The van der Waals surface area contributed by atoms with Gasteiger partial charge in [-0.15, -0.1) is 0 Å². The van der Waals surface area contributed by atoms with Crippen LogP contribution in [0.3, 0.4) is 0 Å². The van der Waals surface area contributed by atoms with E-state index in [4.69, 9.17) is 0 Å². The summed E-state index contributed by atoms with van der Waals surface area (Å²) in [7, 11) is -3.54. The lowest BCUT2D eigenvalue weighted by Crippen LogP contribution is -2.31. The van der Waals surface area contributed by atoms with Crippen LogP contribution in [0.5, 0.6) is 0 Å². The molecule has 25 heavy (non-hydrogen) atoms. The SMILES string of the molecule is CCN(CC)S(=O)(=O)c1ccc(C(=O)NCC(O)c2ccsc2)cc1. The van der Waals surface area contributed by atoms with Crippen molar-refractivity contribution < 1.29 is 18.3 Å². The number of sulfonamides is 1. The van der Waals surface area contributed by atoms with Gasteiger partial charge in [-0.25, -0.2) is 8.42 Å². The molecule has 1 amide bonds. The minimum absolute atomic E-state index is 0.0923. The molecule has 2 aromatic rings. The fourth-order valence-electron chi connectivity index (χ4n) is 2.36. The topological polar surface area (TPSA) is 86.7 Å². The van der Waals surface area contributed by atoms with Gasteiger partial charge in [0, 0.05) is 25.2 Å². The molecule has 0 aliphatic carbocycles. The van der Waals surface area contributed by atoms with Crippen LogP contribution in [-0.2, 0) is 10.0 Å². The largest absolute Gasteiger partial charge is 0.387 e. The summed E-state index contributed by atoms with van der Waals surface area (Å²) in [5, 5.41) is 16.3. The second-order valence-corrected chi connectivity index (χ2v) is 8.11. The van der Waals surface area contributed by atoms with Crippen LogP contribution in [0.4, 0.5) is 0 Å². The molecule has 0 radical (unpaired) electrons. The van der Waals surface area contributed by atoms with Crippen molar-refractivity contribution in [2.45, 2.75) is 24.8 Å². The number of aliphatic hydroxyl groups is 1. The summed E-state index contributed by atoms with van der Waals surface area (Å²) in [5.74, 6) is -0.360. The highest BCUT2D eigenvalue weighted by Crippen LogP contribution is 2.17. The van der Waals surface area contributed by atoms with Crippen molar-refractivity contribution in [3.63, 3.8) is 0 Å². The number of rotatable bonds is 8. The average Bonchev–Trinajstić information content (AvgIpc) is 3.15. The van der Waals surface area contributed by atoms with Crippen molar-refractivity contribution in [1.82, 2.24) is 9.62 Å². The molecule has 136 valence electrons. The minimum Gasteiger partial charge on any atom is -0.387 e. The van der Waals surface area contributed by atoms with E-state index < -0.39 is 16.1 Å². The van der Waals surface area contributed by atoms with Crippen LogP contribution < -0.4 is 5.32 Å². The highest BCUT2D eigenvalue weighted by molar-refractivity contribution is 7.89. The molecule has 2 N–H and O–H groups in total. The number of hydrogen-bond acceptors (Lipinski definition) is 5. The lowest BCUT2D eigenvalue weighted by molar-refractivity contribution is 0.0916. The van der Waals surface area contributed by atoms with Gasteiger partial charge >= 0.3 is 0 Å². The zero-order valence-electron chi connectivity index (χ0n) is 14.2. The summed E-state index contributed by atoms with van der Waals surface area (Å²) >= 11 is 1.47. The monoisotopic (exact) mass is 382 g/mol. The molecule has 0 bridgehead atoms. The summed E-state index contributed by atoms with van der Waals surface area (Å²) in [4.78, 5) is 12.3. The summed E-state index contributed by atoms with van der Waals surface area (Å²) in [6, 6.07) is 7.61. The van der Waals surface area contributed by atoms with Crippen LogP contribution in [0, 0.1) is 0 Å². The van der Waals surface area contributed by atoms with Crippen molar-refractivity contribution in [3.8, 4) is 0 Å². The van der Waals surface area contributed by atoms with E-state index in [1.54, 1.807) is 19.9 Å². The van der Waals surface area contributed by atoms with E-state index >= 15 is 0 Å². The Labute approximate surface area is 152 Å². The standard InChI is InChI=1S/C17H22N2O4S2/c1-3-19(4-2)25(22,23)15-7-5-13(6-8-15)17(21)18-11-16(20)14-9-10-24-12-14/h5-10,12,16,20H,3-4,11H2,1-2H3,(H,18,21). The predicted octanol–water partition coefficient (Wildman–Crippen LogP) is 2.24. The Kier molecular flexibility index (Phi) is 6.71. The molecule has 1 unspecified atom stereocenters. The maximum absolute atomic E-state index is 12.4. The normalized spacial score (nSPS) is 13.0. The first-order valence-corrected chi connectivity index (χ1v) is 10.4. The van der Waals surface area contributed by atoms with Crippen molar-refractivity contribution in [2.24, 2.45) is 0 Å². The molecular formula is C17H22N2O4S2. The van der Waals surface area contributed by atoms with Gasteiger partial charge in [0.05, 0.1) is 11.0 Å². The van der Waals surface area contributed by atoms with Gasteiger partial charge in [-0.1, -0.05) is 13.8 Å². The van der Waals surface area contributed by atoms with E-state index in [0.29, 0.717) is 18.7 Å². The number of carbonyl (C=O) groups excluding carboxylic acids is 1. The van der Waals surface area contributed by atoms with Crippen LogP contribution in [0.15, 0.2) is 46.0 Å². The van der Waals surface area contributed by atoms with E-state index in [1.165, 1.54) is 39.9 Å². The van der Waals surface area contributed by atoms with E-state index in [9.17, 15) is 18.3 Å². The van der Waals surface area contributed by atoms with E-state index in [2.05, 4.69) is 5.32 Å². The van der Waals surface area contributed by atoms with E-state index in [0.717, 1.165) is 5.56 Å². The van der Waals surface area contributed by atoms with Gasteiger partial charge < -0.3 is 10.4 Å². The predicted molar refractivity (Wildman–Crippen MR) is 98.2 cm³/mol. The Balaban J connectivity index is 2.03. The number of amides is 1. The van der Waals surface area contributed by atoms with Crippen molar-refractivity contribution in [1.29, 1.82) is 0 Å². The van der Waals surface area contributed by atoms with Gasteiger partial charge in [0.25, 0.3) is 5.91 Å². The summed E-state index contributed by atoms with van der Waals surface area (Å²) < 4.78 is 26.2. The Morgan fingerprint density at radius 3 is 2.36 bits per heavy atom. The first-order chi connectivity index (χ1) is 11.9. The molecule has 1 aromatic heterocycles. The van der Waals surface area contributed by atoms with Gasteiger partial charge in [0.2, 0.25) is 10.0 Å². The maximum atomic E-state index is 12.4. The number of hydrogen-bond donors (Lipinski definition) is 2. The third-order valence-corrected chi connectivity index (χ3v) is 6.61. The Hall–Kier alpha value is -1.74. The van der Waals surface area contributed by atoms with E-state index in [-0.39, 0.29) is 17.3 Å². The first-order valence-electron chi connectivity index (χ1n) is 7.98. The maximum Gasteiger partial charge on any atom is 0.251 e. The van der Waals surface area contributed by atoms with Crippen molar-refractivity contribution >= 4 is 27.3 Å². The lowest BCUT2D eigenvalue weighted by atomic mass is 10.2. The fraction of sp³-hybridized carbons (Fsp3) is 0.353. The molecule has 0 saturated heterocycles. The highest BCUT2D eigenvalue weighted by atomic mass is 32.2. The molecule has 0 aliphatic heterocycles. The number of nitrogens with zero attached hydrogens (tertiary/aromatic N) is 1. The van der Waals surface area contributed by atoms with Gasteiger partial charge in [-0.2, -0.15) is 15.6 Å². The third kappa shape index (κ3) is 4.66. The molecule has 8 heteroatoms. The van der Waals surface area contributed by atoms with Crippen LogP contribution in [0.2, 0.25) is 0 Å². The molecule has 0 aliphatic rings. The molecular weight excluding hydrogens is 360 g/mol. The Bertz CT molecular complexity index is 783. The van der Waals surface area contributed by atoms with E-state index in [1.807, 2.05) is 10.8 Å². The second-order valence-electron chi connectivity index (χ2n) is 5.40. The van der Waals surface area contributed by atoms with Crippen LogP contribution >= 0.6 is 11.3 Å². The molecule has 0 saturated carbocycles. The summed E-state index contributed by atoms with van der Waals surface area (Å²) in [6.07, 6.45) is -0.766. The van der Waals surface area contributed by atoms with Gasteiger partial charge in [-0.05, 0) is 46.7 Å². The molecule has 1 atom stereocenters. The number of aliphatic hydroxyl groups excluding tert-OH is 1. The van der Waals surface area contributed by atoms with Crippen molar-refractivity contribution in [2.75, 3.05) is 19.6 Å². The fourth-order valence-corrected chi connectivity index (χ4v) is 4.53. The Morgan fingerprint density at radius 2 is 1.84 bits per heavy atom. The lowest BCUT2D eigenvalue weighted by Gasteiger charge is -2.18. The smallest absolute Gasteiger partial charge is 0.251 e. The molecule has 1 heterocycles. The minimum atomic E-state index is -3.54. The number of carbonyl (C=O) groups is 1. The van der Waals surface area contributed by atoms with Gasteiger partial charge in [-0.3, -0.25) is 4.79 Å². The van der Waals surface area contributed by atoms with Crippen LogP contribution in [-0.4, -0.2) is 43.4 Å². The first kappa shape index (κ1) is 19.6. The second kappa shape index (κ2) is 8.57. The molecule has 0 spiro atoms. The number of benzene rings is 1. The third-order valence-electron chi connectivity index (χ3n) is 3.84. The summed E-state index contributed by atoms with van der Waals surface area (Å²) in [6.45, 7) is 4.43. The van der Waals surface area contributed by atoms with Crippen LogP contribution in [0.25, 0.3) is 0 Å².